The van der Waals surface area contributed by atoms with E-state index in [1.807, 2.05) is 0 Å². The lowest BCUT2D eigenvalue weighted by Crippen LogP contribution is -2.53. The monoisotopic (exact) mass is 385 g/mol. The second kappa shape index (κ2) is 10.3. The summed E-state index contributed by atoms with van der Waals surface area (Å²) in [6, 6.07) is 11.5. The number of aliphatic imine (C=N–C) groups is 1. The molecule has 0 aromatic heterocycles. The number of piperazine rings is 1. The Bertz CT molecular complexity index is 603. The van der Waals surface area contributed by atoms with Crippen molar-refractivity contribution in [1.82, 2.24) is 20.4 Å². The molecule has 2 fully saturated rings. The van der Waals surface area contributed by atoms with Gasteiger partial charge in [0.1, 0.15) is 0 Å². The number of likely N-dealkylation sites (N-methyl/N-ethyl adjacent to an activating group) is 1. The maximum absolute atomic E-state index is 4.99. The SMILES string of the molecule is CCNC(=NCC1(c2ccccc2)CCC1)NCC(C)N1CCN(CC)CC1. The normalized spacial score (nSPS) is 21.8. The molecule has 1 aromatic rings. The van der Waals surface area contributed by atoms with Crippen LogP contribution in [-0.4, -0.2) is 74.2 Å². The Morgan fingerprint density at radius 3 is 2.36 bits per heavy atom. The van der Waals surface area contributed by atoms with Crippen LogP contribution < -0.4 is 10.6 Å². The Kier molecular flexibility index (Phi) is 7.74. The first-order valence-corrected chi connectivity index (χ1v) is 11.2. The minimum atomic E-state index is 0.242. The van der Waals surface area contributed by atoms with Gasteiger partial charge in [-0.1, -0.05) is 43.7 Å². The summed E-state index contributed by atoms with van der Waals surface area (Å²) in [5, 5.41) is 7.04. The predicted octanol–water partition coefficient (Wildman–Crippen LogP) is 2.69. The molecule has 1 aliphatic heterocycles. The maximum atomic E-state index is 4.99. The van der Waals surface area contributed by atoms with E-state index < -0.39 is 0 Å². The van der Waals surface area contributed by atoms with E-state index in [-0.39, 0.29) is 5.41 Å². The lowest BCUT2D eigenvalue weighted by atomic mass is 9.64. The number of rotatable bonds is 8. The Labute approximate surface area is 171 Å². The van der Waals surface area contributed by atoms with Gasteiger partial charge >= 0.3 is 0 Å². The quantitative estimate of drug-likeness (QED) is 0.533. The van der Waals surface area contributed by atoms with Gasteiger partial charge in [0.25, 0.3) is 0 Å². The standard InChI is InChI=1S/C23H39N5/c1-4-24-22(25-18-20(3)28-16-14-27(5-2)15-17-28)26-19-23(12-9-13-23)21-10-7-6-8-11-21/h6-8,10-11,20H,4-5,9,12-19H2,1-3H3,(H2,24,25,26). The molecule has 1 saturated heterocycles. The van der Waals surface area contributed by atoms with E-state index in [0.29, 0.717) is 6.04 Å². The number of hydrogen-bond acceptors (Lipinski definition) is 3. The Morgan fingerprint density at radius 1 is 1.07 bits per heavy atom. The van der Waals surface area contributed by atoms with E-state index in [4.69, 9.17) is 4.99 Å². The van der Waals surface area contributed by atoms with Gasteiger partial charge in [0.2, 0.25) is 0 Å². The first-order valence-electron chi connectivity index (χ1n) is 11.2. The van der Waals surface area contributed by atoms with E-state index in [0.717, 1.165) is 25.6 Å². The second-order valence-corrected chi connectivity index (χ2v) is 8.40. The van der Waals surface area contributed by atoms with Crippen LogP contribution in [0.5, 0.6) is 0 Å². The molecule has 2 aliphatic rings. The Balaban J connectivity index is 1.54. The van der Waals surface area contributed by atoms with Gasteiger partial charge in [-0.2, -0.15) is 0 Å². The molecule has 1 heterocycles. The average Bonchev–Trinajstić information content (AvgIpc) is 2.71. The zero-order valence-corrected chi connectivity index (χ0v) is 18.1. The van der Waals surface area contributed by atoms with Crippen molar-refractivity contribution in [3.05, 3.63) is 35.9 Å². The third kappa shape index (κ3) is 5.26. The third-order valence-corrected chi connectivity index (χ3v) is 6.62. The number of nitrogens with zero attached hydrogens (tertiary/aromatic N) is 3. The van der Waals surface area contributed by atoms with Crippen molar-refractivity contribution in [3.63, 3.8) is 0 Å². The molecule has 1 atom stereocenters. The van der Waals surface area contributed by atoms with Crippen molar-refractivity contribution in [2.75, 3.05) is 52.4 Å². The number of hydrogen-bond donors (Lipinski definition) is 2. The Hall–Kier alpha value is -1.59. The van der Waals surface area contributed by atoms with Crippen LogP contribution in [0.15, 0.2) is 35.3 Å². The number of benzene rings is 1. The van der Waals surface area contributed by atoms with Gasteiger partial charge in [0.05, 0.1) is 6.54 Å². The summed E-state index contributed by atoms with van der Waals surface area (Å²) in [4.78, 5) is 10.1. The van der Waals surface area contributed by atoms with Gasteiger partial charge in [0.15, 0.2) is 5.96 Å². The highest BCUT2D eigenvalue weighted by atomic mass is 15.3. The summed E-state index contributed by atoms with van der Waals surface area (Å²) >= 11 is 0. The van der Waals surface area contributed by atoms with Crippen LogP contribution in [0, 0.1) is 0 Å². The summed E-state index contributed by atoms with van der Waals surface area (Å²) in [5.41, 5.74) is 1.69. The molecule has 5 heteroatoms. The first kappa shape index (κ1) is 21.1. The highest BCUT2D eigenvalue weighted by Gasteiger charge is 2.38. The molecule has 28 heavy (non-hydrogen) atoms. The summed E-state index contributed by atoms with van der Waals surface area (Å²) in [7, 11) is 0. The smallest absolute Gasteiger partial charge is 0.191 e. The van der Waals surface area contributed by atoms with E-state index in [1.165, 1.54) is 57.5 Å². The van der Waals surface area contributed by atoms with Gasteiger partial charge in [-0.15, -0.1) is 0 Å². The molecule has 1 aliphatic carbocycles. The molecule has 0 spiro atoms. The van der Waals surface area contributed by atoms with Gasteiger partial charge in [-0.3, -0.25) is 9.89 Å². The minimum Gasteiger partial charge on any atom is -0.357 e. The highest BCUT2D eigenvalue weighted by molar-refractivity contribution is 5.79. The molecule has 0 amide bonds. The summed E-state index contributed by atoms with van der Waals surface area (Å²) < 4.78 is 0. The van der Waals surface area contributed by atoms with Crippen LogP contribution in [0.1, 0.15) is 45.6 Å². The zero-order valence-electron chi connectivity index (χ0n) is 18.1. The average molecular weight is 386 g/mol. The van der Waals surface area contributed by atoms with Crippen molar-refractivity contribution >= 4 is 5.96 Å². The van der Waals surface area contributed by atoms with Crippen LogP contribution in [0.25, 0.3) is 0 Å². The van der Waals surface area contributed by atoms with Crippen LogP contribution in [-0.2, 0) is 5.41 Å². The fourth-order valence-corrected chi connectivity index (χ4v) is 4.40. The molecular formula is C23H39N5. The fourth-order valence-electron chi connectivity index (χ4n) is 4.40. The molecule has 1 saturated carbocycles. The summed E-state index contributed by atoms with van der Waals surface area (Å²) in [6.07, 6.45) is 3.81. The fraction of sp³-hybridized carbons (Fsp3) is 0.696. The lowest BCUT2D eigenvalue weighted by molar-refractivity contribution is 0.107. The molecule has 0 bridgehead atoms. The molecule has 5 nitrogen and oxygen atoms in total. The summed E-state index contributed by atoms with van der Waals surface area (Å²) in [6.45, 7) is 15.3. The largest absolute Gasteiger partial charge is 0.357 e. The molecule has 1 aromatic carbocycles. The molecule has 2 N–H and O–H groups in total. The van der Waals surface area contributed by atoms with Crippen molar-refractivity contribution in [2.45, 2.75) is 51.5 Å². The summed E-state index contributed by atoms with van der Waals surface area (Å²) in [5.74, 6) is 0.962. The van der Waals surface area contributed by atoms with E-state index in [2.05, 4.69) is 71.5 Å². The van der Waals surface area contributed by atoms with Crippen molar-refractivity contribution in [3.8, 4) is 0 Å². The third-order valence-electron chi connectivity index (χ3n) is 6.62. The van der Waals surface area contributed by atoms with Gasteiger partial charge in [-0.05, 0) is 38.8 Å². The number of guanidine groups is 1. The van der Waals surface area contributed by atoms with E-state index in [1.54, 1.807) is 0 Å². The van der Waals surface area contributed by atoms with Gasteiger partial charge in [0, 0.05) is 50.7 Å². The Morgan fingerprint density at radius 2 is 1.79 bits per heavy atom. The van der Waals surface area contributed by atoms with Crippen LogP contribution in [0.3, 0.4) is 0 Å². The first-order chi connectivity index (χ1) is 13.7. The van der Waals surface area contributed by atoms with Crippen molar-refractivity contribution in [2.24, 2.45) is 4.99 Å². The molecular weight excluding hydrogens is 346 g/mol. The zero-order chi connectivity index (χ0) is 19.8. The topological polar surface area (TPSA) is 42.9 Å². The van der Waals surface area contributed by atoms with Crippen LogP contribution in [0.2, 0.25) is 0 Å². The maximum Gasteiger partial charge on any atom is 0.191 e. The predicted molar refractivity (Wildman–Crippen MR) is 119 cm³/mol. The number of nitrogens with one attached hydrogen (secondary N) is 2. The molecule has 156 valence electrons. The highest BCUT2D eigenvalue weighted by Crippen LogP contribution is 2.43. The van der Waals surface area contributed by atoms with Crippen molar-refractivity contribution < 1.29 is 0 Å². The van der Waals surface area contributed by atoms with Gasteiger partial charge in [-0.25, -0.2) is 0 Å². The molecule has 3 rings (SSSR count). The molecule has 0 radical (unpaired) electrons. The van der Waals surface area contributed by atoms with Crippen LogP contribution in [0.4, 0.5) is 0 Å². The molecule has 1 unspecified atom stereocenters. The van der Waals surface area contributed by atoms with Gasteiger partial charge < -0.3 is 15.5 Å². The second-order valence-electron chi connectivity index (χ2n) is 8.40. The van der Waals surface area contributed by atoms with E-state index >= 15 is 0 Å². The van der Waals surface area contributed by atoms with Crippen molar-refractivity contribution in [1.29, 1.82) is 0 Å². The lowest BCUT2D eigenvalue weighted by Gasteiger charge is -2.41. The van der Waals surface area contributed by atoms with E-state index in [9.17, 15) is 0 Å². The van der Waals surface area contributed by atoms with Crippen LogP contribution >= 0.6 is 0 Å². The minimum absolute atomic E-state index is 0.242.